The fourth-order valence-corrected chi connectivity index (χ4v) is 0. The first-order chi connectivity index (χ1) is 1.73. The summed E-state index contributed by atoms with van der Waals surface area (Å²) in [4.78, 5) is 9.00. The van der Waals surface area contributed by atoms with Crippen molar-refractivity contribution in [1.82, 2.24) is 0 Å². The molecular formula is C2H8AlCoLiNiO2. The van der Waals surface area contributed by atoms with Gasteiger partial charge < -0.3 is 5.11 Å². The van der Waals surface area contributed by atoms with Gasteiger partial charge in [0.05, 0.1) is 0 Å². The molecule has 0 aromatic carbocycles. The smallest absolute Gasteiger partial charge is 0 e. The average molecular weight is 216 g/mol. The zero-order chi connectivity index (χ0) is 3.58. The molecule has 1 radical (unpaired) electrons. The topological polar surface area (TPSA) is 37.3 Å². The van der Waals surface area contributed by atoms with Crippen LogP contribution in [0.15, 0.2) is 0 Å². The molecule has 0 aromatic rings. The van der Waals surface area contributed by atoms with Gasteiger partial charge >= 0.3 is 18.9 Å². The fourth-order valence-electron chi connectivity index (χ4n) is 0. The minimum Gasteiger partial charge on any atom is 0 e. The van der Waals surface area contributed by atoms with Crippen LogP contribution in [0.1, 0.15) is 6.92 Å². The third-order valence-corrected chi connectivity index (χ3v) is 0. The molecule has 0 amide bonds. The molecule has 51 valence electrons. The molecule has 8 heavy (non-hydrogen) atoms. The van der Waals surface area contributed by atoms with Crippen LogP contribution in [0, 0.1) is 0 Å². The molecule has 0 aliphatic heterocycles. The van der Waals surface area contributed by atoms with Crippen LogP contribution in [0.2, 0.25) is 0 Å². The molecule has 0 aliphatic rings. The second-order valence-electron chi connectivity index (χ2n) is 0.519. The van der Waals surface area contributed by atoms with Gasteiger partial charge in [-0.2, -0.15) is 0 Å². The maximum absolute atomic E-state index is 9.00. The largest absolute Gasteiger partial charge is 0 e. The van der Waals surface area contributed by atoms with Gasteiger partial charge in [-0.3, -0.25) is 4.79 Å². The first-order valence-corrected chi connectivity index (χ1v) is 0.928. The van der Waals surface area contributed by atoms with E-state index in [1.54, 1.807) is 0 Å². The van der Waals surface area contributed by atoms with Crippen molar-refractivity contribution in [1.29, 1.82) is 0 Å². The zero-order valence-corrected chi connectivity index (χ0v) is 5.03. The third-order valence-electron chi connectivity index (χ3n) is 0. The van der Waals surface area contributed by atoms with E-state index >= 15 is 0 Å². The Morgan fingerprint density at radius 3 is 1.50 bits per heavy atom. The SMILES string of the molecule is CC(=O)O.[AlH3].[Co].[LiH].[Ni]. The molecule has 0 atom stereocenters. The number of carbonyl (C=O) groups is 1. The Morgan fingerprint density at radius 2 is 1.50 bits per heavy atom. The Bertz CT molecular complexity index is 43.0. The van der Waals surface area contributed by atoms with Crippen LogP contribution >= 0.6 is 0 Å². The molecule has 0 saturated heterocycles. The van der Waals surface area contributed by atoms with E-state index in [2.05, 4.69) is 0 Å². The van der Waals surface area contributed by atoms with Crippen molar-refractivity contribution < 1.29 is 43.2 Å². The minimum atomic E-state index is -0.833. The van der Waals surface area contributed by atoms with Gasteiger partial charge in [0.2, 0.25) is 0 Å². The Balaban J connectivity index is -0.00000000750. The molecule has 0 heterocycles. The zero-order valence-electron chi connectivity index (χ0n) is 3.01. The summed E-state index contributed by atoms with van der Waals surface area (Å²) in [6.07, 6.45) is 0. The number of hydrogen-bond acceptors (Lipinski definition) is 1. The van der Waals surface area contributed by atoms with E-state index in [0.29, 0.717) is 0 Å². The van der Waals surface area contributed by atoms with Crippen molar-refractivity contribution in [3.8, 4) is 0 Å². The first kappa shape index (κ1) is 33.6. The molecule has 0 bridgehead atoms. The van der Waals surface area contributed by atoms with Gasteiger partial charge in [-0.25, -0.2) is 0 Å². The van der Waals surface area contributed by atoms with Crippen LogP contribution in [0.4, 0.5) is 0 Å². The van der Waals surface area contributed by atoms with Crippen LogP contribution in [-0.2, 0) is 38.1 Å². The van der Waals surface area contributed by atoms with Gasteiger partial charge in [-0.15, -0.1) is 0 Å². The molecule has 6 heteroatoms. The molecule has 2 nitrogen and oxygen atoms in total. The maximum Gasteiger partial charge on any atom is 0 e. The predicted molar refractivity (Wildman–Crippen MR) is 30.4 cm³/mol. The van der Waals surface area contributed by atoms with E-state index in [1.807, 2.05) is 0 Å². The predicted octanol–water partition coefficient (Wildman–Crippen LogP) is -1.75. The van der Waals surface area contributed by atoms with Crippen molar-refractivity contribution in [3.05, 3.63) is 0 Å². The minimum absolute atomic E-state index is 0. The summed E-state index contributed by atoms with van der Waals surface area (Å²) >= 11 is 0. The summed E-state index contributed by atoms with van der Waals surface area (Å²) in [7, 11) is 0. The van der Waals surface area contributed by atoms with E-state index in [4.69, 9.17) is 9.90 Å². The fraction of sp³-hybridized carbons (Fsp3) is 0.500. The monoisotopic (exact) mass is 215 g/mol. The van der Waals surface area contributed by atoms with Crippen molar-refractivity contribution in [2.24, 2.45) is 0 Å². The molecule has 0 spiro atoms. The van der Waals surface area contributed by atoms with E-state index in [9.17, 15) is 0 Å². The number of carboxylic acid groups (broad SMARTS) is 1. The quantitative estimate of drug-likeness (QED) is 0.487. The van der Waals surface area contributed by atoms with Crippen molar-refractivity contribution in [2.45, 2.75) is 6.92 Å². The Labute approximate surface area is 91.6 Å². The Kier molecular flexibility index (Phi) is 98.5. The van der Waals surface area contributed by atoms with Crippen LogP contribution in [0.3, 0.4) is 0 Å². The van der Waals surface area contributed by atoms with Gasteiger partial charge in [-0.05, 0) is 0 Å². The molecule has 0 unspecified atom stereocenters. The molecule has 1 N–H and O–H groups in total. The molecule has 0 aliphatic carbocycles. The molecule has 0 fully saturated rings. The standard InChI is InChI=1S/C2H4O2.Al.Co.Li.Ni.4H/c1-2(3)4;;;;;;;;/h1H3,(H,3,4);;;;;;;;. The van der Waals surface area contributed by atoms with Gasteiger partial charge in [0, 0.05) is 40.2 Å². The van der Waals surface area contributed by atoms with Gasteiger partial charge in [0.25, 0.3) is 5.97 Å². The van der Waals surface area contributed by atoms with Gasteiger partial charge in [0.15, 0.2) is 17.4 Å². The van der Waals surface area contributed by atoms with E-state index in [-0.39, 0.29) is 69.5 Å². The van der Waals surface area contributed by atoms with Gasteiger partial charge in [-0.1, -0.05) is 0 Å². The summed E-state index contributed by atoms with van der Waals surface area (Å²) < 4.78 is 0. The summed E-state index contributed by atoms with van der Waals surface area (Å²) in [5.74, 6) is -0.833. The van der Waals surface area contributed by atoms with Gasteiger partial charge in [0.1, 0.15) is 0 Å². The number of hydrogen-bond donors (Lipinski definition) is 1. The second kappa shape index (κ2) is 23.5. The summed E-state index contributed by atoms with van der Waals surface area (Å²) in [6.45, 7) is 1.08. The van der Waals surface area contributed by atoms with Crippen LogP contribution < -0.4 is 0 Å². The first-order valence-electron chi connectivity index (χ1n) is 0.928. The molecule has 0 rings (SSSR count). The van der Waals surface area contributed by atoms with Crippen LogP contribution in [0.25, 0.3) is 0 Å². The number of aliphatic carboxylic acids is 1. The maximum atomic E-state index is 9.00. The molecular weight excluding hydrogens is 208 g/mol. The number of carboxylic acids is 1. The molecule has 0 aromatic heterocycles. The third kappa shape index (κ3) is 129. The summed E-state index contributed by atoms with van der Waals surface area (Å²) in [6, 6.07) is 0. The van der Waals surface area contributed by atoms with Crippen molar-refractivity contribution >= 4 is 42.2 Å². The number of rotatable bonds is 0. The Morgan fingerprint density at radius 1 is 1.50 bits per heavy atom. The normalized spacial score (nSPS) is 3.12. The average Bonchev–Trinajstić information content (AvgIpc) is 0.811. The van der Waals surface area contributed by atoms with E-state index in [0.717, 1.165) is 6.92 Å². The van der Waals surface area contributed by atoms with Crippen LogP contribution in [0.5, 0.6) is 0 Å². The summed E-state index contributed by atoms with van der Waals surface area (Å²) in [5.41, 5.74) is 0. The molecule has 0 saturated carbocycles. The van der Waals surface area contributed by atoms with Crippen molar-refractivity contribution in [3.63, 3.8) is 0 Å². The Hall–Kier alpha value is 1.60. The second-order valence-corrected chi connectivity index (χ2v) is 0.519. The van der Waals surface area contributed by atoms with Crippen LogP contribution in [-0.4, -0.2) is 47.3 Å². The van der Waals surface area contributed by atoms with E-state index in [1.165, 1.54) is 0 Å². The van der Waals surface area contributed by atoms with Crippen molar-refractivity contribution in [2.75, 3.05) is 0 Å². The summed E-state index contributed by atoms with van der Waals surface area (Å²) in [5, 5.41) is 7.42. The van der Waals surface area contributed by atoms with E-state index < -0.39 is 5.97 Å².